The zero-order valence-electron chi connectivity index (χ0n) is 13.2. The molecule has 2 heterocycles. The first-order valence-corrected chi connectivity index (χ1v) is 8.20. The largest absolute Gasteiger partial charge is 0.471 e. The molecule has 1 aromatic heterocycles. The Labute approximate surface area is 149 Å². The molecular weight excluding hydrogens is 378 g/mol. The summed E-state index contributed by atoms with van der Waals surface area (Å²) in [4.78, 5) is 12.5. The number of hydrogen-bond donors (Lipinski definition) is 1. The van der Waals surface area contributed by atoms with E-state index in [1.807, 2.05) is 0 Å². The van der Waals surface area contributed by atoms with Crippen LogP contribution in [0, 0.1) is 11.6 Å². The first-order chi connectivity index (χ1) is 12.2. The lowest BCUT2D eigenvalue weighted by Crippen LogP contribution is -2.36. The number of rotatable bonds is 3. The van der Waals surface area contributed by atoms with Crippen molar-refractivity contribution in [3.05, 3.63) is 34.5 Å². The molecule has 2 aromatic rings. The van der Waals surface area contributed by atoms with Gasteiger partial charge in [0, 0.05) is 11.6 Å². The number of nitrogens with one attached hydrogen (secondary N) is 1. The molecule has 0 atom stereocenters. The van der Waals surface area contributed by atoms with E-state index in [1.54, 1.807) is 0 Å². The lowest BCUT2D eigenvalue weighted by Gasteiger charge is -2.24. The minimum absolute atomic E-state index is 0.0387. The van der Waals surface area contributed by atoms with Crippen molar-refractivity contribution in [1.82, 2.24) is 15.1 Å². The van der Waals surface area contributed by atoms with Gasteiger partial charge < -0.3 is 10.1 Å². The van der Waals surface area contributed by atoms with Crippen LogP contribution >= 0.6 is 11.6 Å². The minimum Gasteiger partial charge on any atom is -0.471 e. The van der Waals surface area contributed by atoms with Crippen LogP contribution in [0.4, 0.5) is 17.6 Å². The SMILES string of the molecule is O=C(NC1CC1)c1nn2c(c1-c1cc(F)c(Cl)cc1F)OCC(F)(F)C2. The lowest BCUT2D eigenvalue weighted by molar-refractivity contribution is -0.0793. The number of nitrogens with zero attached hydrogens (tertiary/aromatic N) is 2. The fourth-order valence-electron chi connectivity index (χ4n) is 2.74. The molecule has 10 heteroatoms. The topological polar surface area (TPSA) is 56.2 Å². The molecule has 5 nitrogen and oxygen atoms in total. The molecule has 4 rings (SSSR count). The van der Waals surface area contributed by atoms with E-state index in [4.69, 9.17) is 16.3 Å². The minimum atomic E-state index is -3.19. The Kier molecular flexibility index (Phi) is 3.87. The number of benzene rings is 1. The van der Waals surface area contributed by atoms with E-state index in [-0.39, 0.29) is 28.7 Å². The molecule has 1 amide bonds. The summed E-state index contributed by atoms with van der Waals surface area (Å²) in [6.07, 6.45) is 1.57. The van der Waals surface area contributed by atoms with Crippen molar-refractivity contribution < 1.29 is 27.1 Å². The van der Waals surface area contributed by atoms with Gasteiger partial charge in [0.15, 0.2) is 12.3 Å². The van der Waals surface area contributed by atoms with Crippen LogP contribution in [0.1, 0.15) is 23.3 Å². The lowest BCUT2D eigenvalue weighted by atomic mass is 10.0. The summed E-state index contributed by atoms with van der Waals surface area (Å²) >= 11 is 5.56. The molecule has 0 spiro atoms. The van der Waals surface area contributed by atoms with Crippen LogP contribution in [0.25, 0.3) is 11.1 Å². The predicted molar refractivity (Wildman–Crippen MR) is 83.5 cm³/mol. The molecule has 1 aromatic carbocycles. The maximum Gasteiger partial charge on any atom is 0.300 e. The van der Waals surface area contributed by atoms with Crippen molar-refractivity contribution in [2.45, 2.75) is 31.4 Å². The first kappa shape index (κ1) is 17.1. The van der Waals surface area contributed by atoms with E-state index < -0.39 is 41.6 Å². The van der Waals surface area contributed by atoms with E-state index >= 15 is 0 Å². The number of amides is 1. The second kappa shape index (κ2) is 5.87. The van der Waals surface area contributed by atoms with E-state index in [9.17, 15) is 22.4 Å². The number of hydrogen-bond acceptors (Lipinski definition) is 3. The van der Waals surface area contributed by atoms with Crippen LogP contribution in [0.5, 0.6) is 5.88 Å². The number of carbonyl (C=O) groups excluding carboxylic acids is 1. The second-order valence-corrected chi connectivity index (χ2v) is 6.73. The molecular formula is C16H12ClF4N3O2. The molecule has 0 radical (unpaired) electrons. The van der Waals surface area contributed by atoms with Crippen molar-refractivity contribution in [2.24, 2.45) is 0 Å². The van der Waals surface area contributed by atoms with Crippen LogP contribution in [-0.2, 0) is 6.54 Å². The van der Waals surface area contributed by atoms with Gasteiger partial charge in [-0.1, -0.05) is 11.6 Å². The van der Waals surface area contributed by atoms with Crippen molar-refractivity contribution in [1.29, 1.82) is 0 Å². The van der Waals surface area contributed by atoms with Gasteiger partial charge in [-0.25, -0.2) is 22.2 Å². The Morgan fingerprint density at radius 2 is 2.04 bits per heavy atom. The smallest absolute Gasteiger partial charge is 0.300 e. The van der Waals surface area contributed by atoms with Gasteiger partial charge in [-0.2, -0.15) is 5.10 Å². The number of alkyl halides is 2. The van der Waals surface area contributed by atoms with Crippen molar-refractivity contribution in [3.63, 3.8) is 0 Å². The molecule has 0 bridgehead atoms. The summed E-state index contributed by atoms with van der Waals surface area (Å²) in [5.74, 6) is -5.90. The summed E-state index contributed by atoms with van der Waals surface area (Å²) in [7, 11) is 0. The fraction of sp³-hybridized carbons (Fsp3) is 0.375. The summed E-state index contributed by atoms with van der Waals surface area (Å²) < 4.78 is 61.3. The van der Waals surface area contributed by atoms with Crippen LogP contribution < -0.4 is 10.1 Å². The van der Waals surface area contributed by atoms with Crippen LogP contribution in [-0.4, -0.2) is 34.3 Å². The van der Waals surface area contributed by atoms with Gasteiger partial charge in [0.05, 0.1) is 10.6 Å². The monoisotopic (exact) mass is 389 g/mol. The standard InChI is InChI=1S/C16H12ClF4N3O2/c17-9-4-10(18)8(3-11(9)19)12-13(14(25)22-7-1-2-7)23-24-5-16(20,21)6-26-15(12)24/h3-4,7H,1-2,5-6H2,(H,22,25). The molecule has 26 heavy (non-hydrogen) atoms. The van der Waals surface area contributed by atoms with Gasteiger partial charge >= 0.3 is 5.92 Å². The van der Waals surface area contributed by atoms with Gasteiger partial charge in [0.25, 0.3) is 5.91 Å². The maximum atomic E-state index is 14.4. The molecule has 1 saturated carbocycles. The summed E-state index contributed by atoms with van der Waals surface area (Å²) in [5.41, 5.74) is -0.809. The normalized spacial score (nSPS) is 18.2. The fourth-order valence-corrected chi connectivity index (χ4v) is 2.89. The first-order valence-electron chi connectivity index (χ1n) is 7.82. The highest BCUT2D eigenvalue weighted by Gasteiger charge is 2.41. The van der Waals surface area contributed by atoms with Gasteiger partial charge in [0.2, 0.25) is 5.88 Å². The Bertz CT molecular complexity index is 911. The second-order valence-electron chi connectivity index (χ2n) is 6.32. The van der Waals surface area contributed by atoms with Gasteiger partial charge in [-0.05, 0) is 25.0 Å². The third kappa shape index (κ3) is 3.00. The molecule has 0 saturated heterocycles. The highest BCUT2D eigenvalue weighted by Crippen LogP contribution is 2.40. The summed E-state index contributed by atoms with van der Waals surface area (Å²) in [5, 5.41) is 6.09. The molecule has 2 aliphatic rings. The van der Waals surface area contributed by atoms with Crippen LogP contribution in [0.3, 0.4) is 0 Å². The molecule has 1 aliphatic heterocycles. The third-order valence-corrected chi connectivity index (χ3v) is 4.40. The Morgan fingerprint density at radius 3 is 2.73 bits per heavy atom. The number of carbonyl (C=O) groups is 1. The van der Waals surface area contributed by atoms with E-state index in [1.165, 1.54) is 0 Å². The number of halogens is 5. The Morgan fingerprint density at radius 1 is 1.31 bits per heavy atom. The quantitative estimate of drug-likeness (QED) is 0.646. The Balaban J connectivity index is 1.87. The highest BCUT2D eigenvalue weighted by molar-refractivity contribution is 6.30. The van der Waals surface area contributed by atoms with Gasteiger partial charge in [-0.15, -0.1) is 0 Å². The van der Waals surface area contributed by atoms with E-state index in [0.717, 1.165) is 29.7 Å². The molecule has 1 fully saturated rings. The highest BCUT2D eigenvalue weighted by atomic mass is 35.5. The van der Waals surface area contributed by atoms with Crippen molar-refractivity contribution in [2.75, 3.05) is 6.61 Å². The summed E-state index contributed by atoms with van der Waals surface area (Å²) in [6, 6.07) is 1.50. The van der Waals surface area contributed by atoms with E-state index in [2.05, 4.69) is 10.4 Å². The molecule has 0 unspecified atom stereocenters. The van der Waals surface area contributed by atoms with Crippen molar-refractivity contribution in [3.8, 4) is 17.0 Å². The third-order valence-electron chi connectivity index (χ3n) is 4.11. The van der Waals surface area contributed by atoms with Gasteiger partial charge in [0.1, 0.15) is 18.2 Å². The predicted octanol–water partition coefficient (Wildman–Crippen LogP) is 3.40. The number of ether oxygens (including phenoxy) is 1. The van der Waals surface area contributed by atoms with Crippen LogP contribution in [0.2, 0.25) is 5.02 Å². The molecule has 1 aliphatic carbocycles. The zero-order chi connectivity index (χ0) is 18.6. The molecule has 138 valence electrons. The average Bonchev–Trinajstić information content (AvgIpc) is 3.29. The number of fused-ring (bicyclic) bond motifs is 1. The molecule has 1 N–H and O–H groups in total. The zero-order valence-corrected chi connectivity index (χ0v) is 13.9. The van der Waals surface area contributed by atoms with Crippen LogP contribution in [0.15, 0.2) is 12.1 Å². The van der Waals surface area contributed by atoms with Crippen molar-refractivity contribution >= 4 is 17.5 Å². The Hall–Kier alpha value is -2.29. The van der Waals surface area contributed by atoms with Gasteiger partial charge in [-0.3, -0.25) is 4.79 Å². The number of aromatic nitrogens is 2. The average molecular weight is 390 g/mol. The maximum absolute atomic E-state index is 14.4. The summed E-state index contributed by atoms with van der Waals surface area (Å²) in [6.45, 7) is -1.78. The van der Waals surface area contributed by atoms with E-state index in [0.29, 0.717) is 0 Å².